The van der Waals surface area contributed by atoms with Gasteiger partial charge < -0.3 is 29.4 Å². The van der Waals surface area contributed by atoms with E-state index in [-0.39, 0.29) is 52.9 Å². The first kappa shape index (κ1) is 91.3. The third kappa shape index (κ3) is 32.7. The number of hydrogen-bond acceptors (Lipinski definition) is 12. The molecule has 0 aliphatic carbocycles. The van der Waals surface area contributed by atoms with Crippen molar-refractivity contribution in [1.82, 2.24) is 29.4 Å². The summed E-state index contributed by atoms with van der Waals surface area (Å²) < 4.78 is 40.5. The van der Waals surface area contributed by atoms with Gasteiger partial charge in [0.15, 0.2) is 0 Å². The predicted molar refractivity (Wildman–Crippen MR) is 444 cm³/mol. The number of likely N-dealkylation sites (N-methyl/N-ethyl adjacent to an activating group) is 8. The van der Waals surface area contributed by atoms with E-state index in [2.05, 4.69) is 52.2 Å². The van der Waals surface area contributed by atoms with Gasteiger partial charge in [0.05, 0.1) is 39.3 Å². The van der Waals surface area contributed by atoms with E-state index in [9.17, 15) is 41.9 Å². The number of halogens is 3. The molecule has 109 heavy (non-hydrogen) atoms. The Labute approximate surface area is 651 Å². The highest BCUT2D eigenvalue weighted by molar-refractivity contribution is 5.97. The molecule has 0 unspecified atom stereocenters. The van der Waals surface area contributed by atoms with Crippen LogP contribution in [0.15, 0.2) is 127 Å². The Hall–Kier alpha value is -8.31. The van der Waals surface area contributed by atoms with Gasteiger partial charge in [0.25, 0.3) is 0 Å². The van der Waals surface area contributed by atoms with Crippen molar-refractivity contribution in [3.8, 4) is 0 Å². The first-order valence-electron chi connectivity index (χ1n) is 39.3. The molecular weight excluding hydrogens is 1380 g/mol. The molecule has 21 heteroatoms. The van der Waals surface area contributed by atoms with E-state index >= 15 is 0 Å². The standard InChI is InChI=1S/C15H21FN2O.C15H23FN2O.C15H22N2O.C15H24N2O.C14H19FN2O.C14H20N2O/c1-12-6-7-13(10-14(12)16)17(2)15(19)11-18-8-4-3-5-9-18;1-5-6-9-17(3)11-15(19)18(4)13-8-7-12(2)14(16)10-13;1-13-6-8-14(9-7-13)16(2)15(18)12-17-10-4-3-5-11-17;1-5-6-11-16(3)12-15(18)17(4)14-9-7-13(2)8-10-14;1-11-5-6-12(9-13(11)15)16(2)14(18)10-17-7-3-4-8-17;1-12-5-7-13(8-6-12)15(2)14(17)11-16-9-3-4-10-16/h6-7,10H,3-5,8-9,11H2,1-2H3;7-8,10H,5-6,9,11H2,1-4H3;6-9H,3-5,10-12H2,1-2H3;7-10H,5-6,11-12H2,1-4H3;5-6,9H,3-4,7-8,10H2,1-2H3;5-8H,3-4,9-11H2,1-2H3. The highest BCUT2D eigenvalue weighted by Gasteiger charge is 2.24. The number of unbranched alkanes of at least 4 members (excludes halogenated alkanes) is 2. The van der Waals surface area contributed by atoms with Crippen LogP contribution in [0.2, 0.25) is 0 Å². The number of piperidine rings is 2. The van der Waals surface area contributed by atoms with Crippen LogP contribution >= 0.6 is 0 Å². The molecule has 4 heterocycles. The molecule has 4 aliphatic heterocycles. The molecule has 598 valence electrons. The number of carbonyl (C=O) groups excluding carboxylic acids is 6. The zero-order chi connectivity index (χ0) is 80.1. The van der Waals surface area contributed by atoms with E-state index in [1.165, 1.54) is 88.1 Å². The molecule has 6 aromatic rings. The normalized spacial score (nSPS) is 14.4. The maximum atomic E-state index is 13.5. The molecule has 0 atom stereocenters. The van der Waals surface area contributed by atoms with Crippen molar-refractivity contribution in [2.45, 2.75) is 145 Å². The maximum absolute atomic E-state index is 13.5. The Kier molecular flexibility index (Phi) is 40.5. The van der Waals surface area contributed by atoms with Gasteiger partial charge in [-0.2, -0.15) is 0 Å². The lowest BCUT2D eigenvalue weighted by Gasteiger charge is -2.28. The van der Waals surface area contributed by atoms with Crippen molar-refractivity contribution in [3.63, 3.8) is 0 Å². The van der Waals surface area contributed by atoms with Crippen LogP contribution in [0.3, 0.4) is 0 Å². The van der Waals surface area contributed by atoms with Crippen LogP contribution in [-0.4, -0.2) is 226 Å². The Morgan fingerprint density at radius 1 is 0.294 bits per heavy atom. The average Bonchev–Trinajstić information content (AvgIpc) is 1.69. The molecule has 4 aliphatic rings. The van der Waals surface area contributed by atoms with Gasteiger partial charge in [0.2, 0.25) is 35.4 Å². The minimum atomic E-state index is -0.281. The SMILES string of the molecule is CCCCN(C)CC(=O)N(C)c1ccc(C)c(F)c1.CCCCN(C)CC(=O)N(C)c1ccc(C)cc1.Cc1ccc(N(C)C(=O)CN2CCCC2)cc1.Cc1ccc(N(C)C(=O)CN2CCCC2)cc1F.Cc1ccc(N(C)C(=O)CN2CCCCC2)cc1.Cc1ccc(N(C)C(=O)CN2CCCCC2)cc1F. The van der Waals surface area contributed by atoms with E-state index in [4.69, 9.17) is 0 Å². The molecular formula is C88H129F3N12O6. The summed E-state index contributed by atoms with van der Waals surface area (Å²) in [7, 11) is 14.5. The fourth-order valence-corrected chi connectivity index (χ4v) is 12.5. The lowest BCUT2D eigenvalue weighted by atomic mass is 10.1. The smallest absolute Gasteiger partial charge is 0.240 e. The summed E-state index contributed by atoms with van der Waals surface area (Å²) in [6.45, 7) is 28.4. The summed E-state index contributed by atoms with van der Waals surface area (Å²) in [5.74, 6) is -0.318. The van der Waals surface area contributed by atoms with Crippen molar-refractivity contribution in [2.75, 3.05) is 190 Å². The first-order chi connectivity index (χ1) is 52.0. The highest BCUT2D eigenvalue weighted by Crippen LogP contribution is 2.23. The second-order valence-electron chi connectivity index (χ2n) is 29.8. The molecule has 0 radical (unpaired) electrons. The Balaban J connectivity index is 0.000000234. The fourth-order valence-electron chi connectivity index (χ4n) is 12.5. The van der Waals surface area contributed by atoms with Crippen LogP contribution in [0.4, 0.5) is 47.3 Å². The van der Waals surface area contributed by atoms with Gasteiger partial charge in [-0.1, -0.05) is 111 Å². The average molecular weight is 1510 g/mol. The van der Waals surface area contributed by atoms with Crippen molar-refractivity contribution in [1.29, 1.82) is 0 Å². The van der Waals surface area contributed by atoms with Gasteiger partial charge in [-0.25, -0.2) is 13.2 Å². The molecule has 10 rings (SSSR count). The van der Waals surface area contributed by atoms with E-state index < -0.39 is 0 Å². The minimum absolute atomic E-state index is 0.0140. The second kappa shape index (κ2) is 48.4. The lowest BCUT2D eigenvalue weighted by molar-refractivity contribution is -0.120. The fraction of sp³-hybridized carbons (Fsp3) is 0.523. The molecule has 0 N–H and O–H groups in total. The maximum Gasteiger partial charge on any atom is 0.240 e. The van der Waals surface area contributed by atoms with Crippen LogP contribution in [0.5, 0.6) is 0 Å². The van der Waals surface area contributed by atoms with Gasteiger partial charge in [-0.05, 0) is 275 Å². The Morgan fingerprint density at radius 3 is 0.725 bits per heavy atom. The topological polar surface area (TPSA) is 141 Å². The molecule has 0 spiro atoms. The van der Waals surface area contributed by atoms with Crippen molar-refractivity contribution >= 4 is 69.6 Å². The van der Waals surface area contributed by atoms with Crippen LogP contribution in [0.1, 0.15) is 137 Å². The summed E-state index contributed by atoms with van der Waals surface area (Å²) in [4.78, 5) is 95.3. The van der Waals surface area contributed by atoms with E-state index in [0.29, 0.717) is 73.0 Å². The van der Waals surface area contributed by atoms with Crippen LogP contribution in [-0.2, 0) is 28.8 Å². The third-order valence-electron chi connectivity index (χ3n) is 20.5. The molecule has 6 amide bonds. The molecule has 6 aromatic carbocycles. The number of amides is 6. The van der Waals surface area contributed by atoms with Gasteiger partial charge in [0.1, 0.15) is 17.5 Å². The number of benzene rings is 6. The summed E-state index contributed by atoms with van der Waals surface area (Å²) in [6, 6.07) is 38.8. The molecule has 4 saturated heterocycles. The van der Waals surface area contributed by atoms with Crippen LogP contribution in [0.25, 0.3) is 0 Å². The van der Waals surface area contributed by atoms with Crippen molar-refractivity contribution < 1.29 is 41.9 Å². The van der Waals surface area contributed by atoms with E-state index in [1.807, 2.05) is 120 Å². The quantitative estimate of drug-likeness (QED) is 0.0569. The number of anilines is 6. The number of hydrogen-bond donors (Lipinski definition) is 0. The van der Waals surface area contributed by atoms with Gasteiger partial charge in [0, 0.05) is 76.4 Å². The second-order valence-corrected chi connectivity index (χ2v) is 29.8. The third-order valence-corrected chi connectivity index (χ3v) is 20.5. The summed E-state index contributed by atoms with van der Waals surface area (Å²) in [5, 5.41) is 0. The van der Waals surface area contributed by atoms with Gasteiger partial charge in [-0.3, -0.25) is 58.2 Å². The van der Waals surface area contributed by atoms with Gasteiger partial charge >= 0.3 is 0 Å². The lowest BCUT2D eigenvalue weighted by Crippen LogP contribution is -2.40. The number of nitrogens with zero attached hydrogens (tertiary/aromatic N) is 12. The van der Waals surface area contributed by atoms with Gasteiger partial charge in [-0.15, -0.1) is 0 Å². The van der Waals surface area contributed by atoms with Crippen molar-refractivity contribution in [3.05, 3.63) is 178 Å². The zero-order valence-electron chi connectivity index (χ0n) is 68.8. The predicted octanol–water partition coefficient (Wildman–Crippen LogP) is 14.8. The molecule has 0 bridgehead atoms. The summed E-state index contributed by atoms with van der Waals surface area (Å²) >= 11 is 0. The molecule has 4 fully saturated rings. The van der Waals surface area contributed by atoms with Crippen LogP contribution < -0.4 is 29.4 Å². The summed E-state index contributed by atoms with van der Waals surface area (Å²) in [5.41, 5.74) is 10.1. The Morgan fingerprint density at radius 2 is 0.495 bits per heavy atom. The summed E-state index contributed by atoms with van der Waals surface area (Å²) in [6.07, 6.45) is 16.6. The minimum Gasteiger partial charge on any atom is -0.314 e. The number of carbonyl (C=O) groups is 6. The van der Waals surface area contributed by atoms with E-state index in [1.54, 1.807) is 93.0 Å². The Bertz CT molecular complexity index is 3730. The number of rotatable bonds is 24. The molecule has 0 saturated carbocycles. The number of likely N-dealkylation sites (tertiary alicyclic amines) is 4. The monoisotopic (exact) mass is 1510 g/mol. The molecule has 18 nitrogen and oxygen atoms in total. The van der Waals surface area contributed by atoms with E-state index in [0.717, 1.165) is 134 Å². The zero-order valence-corrected chi connectivity index (χ0v) is 68.8. The molecule has 0 aromatic heterocycles. The largest absolute Gasteiger partial charge is 0.314 e. The highest BCUT2D eigenvalue weighted by atomic mass is 19.1. The number of aryl methyl sites for hydroxylation is 6. The van der Waals surface area contributed by atoms with Crippen molar-refractivity contribution in [2.24, 2.45) is 0 Å². The van der Waals surface area contributed by atoms with Crippen LogP contribution in [0, 0.1) is 59.0 Å². The first-order valence-corrected chi connectivity index (χ1v) is 39.3.